The topological polar surface area (TPSA) is 109 Å². The van der Waals surface area contributed by atoms with Gasteiger partial charge < -0.3 is 16.2 Å². The molecular formula is C13H22N2O4. The zero-order valence-electron chi connectivity index (χ0n) is 11.2. The third-order valence-electron chi connectivity index (χ3n) is 3.60. The van der Waals surface area contributed by atoms with Gasteiger partial charge in [-0.2, -0.15) is 0 Å². The molecule has 3 atom stereocenters. The maximum Gasteiger partial charge on any atom is 0.307 e. The number of amides is 2. The molecule has 0 aliphatic heterocycles. The zero-order chi connectivity index (χ0) is 14.4. The van der Waals surface area contributed by atoms with Crippen molar-refractivity contribution in [2.24, 2.45) is 23.5 Å². The normalized spacial score (nSPS) is 26.1. The van der Waals surface area contributed by atoms with Gasteiger partial charge in [-0.05, 0) is 31.6 Å². The lowest BCUT2D eigenvalue weighted by molar-refractivity contribution is -0.146. The van der Waals surface area contributed by atoms with E-state index in [2.05, 4.69) is 5.32 Å². The Morgan fingerprint density at radius 2 is 1.84 bits per heavy atom. The van der Waals surface area contributed by atoms with E-state index in [1.54, 1.807) is 0 Å². The molecule has 0 aromatic rings. The lowest BCUT2D eigenvalue weighted by Crippen LogP contribution is -2.35. The van der Waals surface area contributed by atoms with Crippen LogP contribution in [-0.4, -0.2) is 29.4 Å². The Morgan fingerprint density at radius 3 is 2.42 bits per heavy atom. The third kappa shape index (κ3) is 4.89. The second-order valence-electron chi connectivity index (χ2n) is 5.34. The minimum atomic E-state index is -0.891. The van der Waals surface area contributed by atoms with E-state index in [9.17, 15) is 14.4 Å². The minimum Gasteiger partial charge on any atom is -0.481 e. The average molecular weight is 270 g/mol. The Morgan fingerprint density at radius 1 is 1.21 bits per heavy atom. The van der Waals surface area contributed by atoms with E-state index in [0.29, 0.717) is 38.6 Å². The number of carbonyl (C=O) groups is 3. The third-order valence-corrected chi connectivity index (χ3v) is 3.60. The molecule has 2 amide bonds. The number of hydrogen-bond acceptors (Lipinski definition) is 3. The van der Waals surface area contributed by atoms with Crippen molar-refractivity contribution in [2.75, 3.05) is 6.54 Å². The van der Waals surface area contributed by atoms with Gasteiger partial charge in [-0.1, -0.05) is 6.92 Å². The fraction of sp³-hybridized carbons (Fsp3) is 0.769. The first kappa shape index (κ1) is 15.5. The summed E-state index contributed by atoms with van der Waals surface area (Å²) >= 11 is 0. The van der Waals surface area contributed by atoms with Crippen molar-refractivity contribution in [2.45, 2.75) is 39.0 Å². The molecule has 0 spiro atoms. The van der Waals surface area contributed by atoms with Gasteiger partial charge in [0, 0.05) is 13.0 Å². The number of carboxylic acid groups (broad SMARTS) is 1. The predicted molar refractivity (Wildman–Crippen MR) is 69.1 cm³/mol. The number of nitrogens with one attached hydrogen (secondary N) is 1. The molecule has 1 unspecified atom stereocenters. The van der Waals surface area contributed by atoms with Crippen molar-refractivity contribution in [1.82, 2.24) is 5.32 Å². The number of aliphatic carboxylic acids is 1. The summed E-state index contributed by atoms with van der Waals surface area (Å²) in [5.74, 6) is -2.15. The second-order valence-corrected chi connectivity index (χ2v) is 5.34. The number of unbranched alkanes of at least 4 members (excludes halogenated alkanes) is 1. The Bertz CT molecular complexity index is 357. The maximum atomic E-state index is 11.9. The van der Waals surface area contributed by atoms with E-state index in [-0.39, 0.29) is 17.7 Å². The molecule has 1 saturated carbocycles. The lowest BCUT2D eigenvalue weighted by Gasteiger charge is -2.15. The molecule has 1 aliphatic carbocycles. The molecule has 4 N–H and O–H groups in total. The summed E-state index contributed by atoms with van der Waals surface area (Å²) in [4.78, 5) is 33.5. The Kier molecular flexibility index (Phi) is 5.79. The highest BCUT2D eigenvalue weighted by molar-refractivity contribution is 5.85. The van der Waals surface area contributed by atoms with Gasteiger partial charge in [-0.15, -0.1) is 0 Å². The quantitative estimate of drug-likeness (QED) is 0.585. The average Bonchev–Trinajstić information content (AvgIpc) is 2.70. The van der Waals surface area contributed by atoms with E-state index in [4.69, 9.17) is 10.8 Å². The van der Waals surface area contributed by atoms with Gasteiger partial charge in [0.25, 0.3) is 0 Å². The summed E-state index contributed by atoms with van der Waals surface area (Å²) in [6, 6.07) is 0. The molecule has 0 aromatic carbocycles. The van der Waals surface area contributed by atoms with Gasteiger partial charge in [-0.3, -0.25) is 14.4 Å². The Labute approximate surface area is 112 Å². The van der Waals surface area contributed by atoms with Crippen LogP contribution in [0.5, 0.6) is 0 Å². The van der Waals surface area contributed by atoms with E-state index in [0.717, 1.165) is 0 Å². The molecular weight excluding hydrogens is 248 g/mol. The molecule has 0 bridgehead atoms. The number of rotatable bonds is 7. The zero-order valence-corrected chi connectivity index (χ0v) is 11.2. The van der Waals surface area contributed by atoms with Crippen molar-refractivity contribution < 1.29 is 19.5 Å². The van der Waals surface area contributed by atoms with Crippen molar-refractivity contribution in [3.05, 3.63) is 0 Å². The van der Waals surface area contributed by atoms with E-state index < -0.39 is 17.8 Å². The van der Waals surface area contributed by atoms with Crippen LogP contribution < -0.4 is 11.1 Å². The summed E-state index contributed by atoms with van der Waals surface area (Å²) in [5.41, 5.74) is 5.01. The molecule has 0 saturated heterocycles. The first-order chi connectivity index (χ1) is 8.91. The molecule has 0 aromatic heterocycles. The molecule has 0 radical (unpaired) electrons. The summed E-state index contributed by atoms with van der Waals surface area (Å²) < 4.78 is 0. The lowest BCUT2D eigenvalue weighted by atomic mass is 9.95. The number of carboxylic acids is 1. The van der Waals surface area contributed by atoms with Gasteiger partial charge in [0.05, 0.1) is 11.8 Å². The van der Waals surface area contributed by atoms with Crippen LogP contribution in [0.25, 0.3) is 0 Å². The SMILES string of the molecule is CC1C[C@H](C(=O)NCCCCC(N)=O)[C@H](C(=O)O)C1. The van der Waals surface area contributed by atoms with Crippen molar-refractivity contribution >= 4 is 17.8 Å². The fourth-order valence-electron chi connectivity index (χ4n) is 2.62. The molecule has 6 heteroatoms. The van der Waals surface area contributed by atoms with Crippen LogP contribution in [0.2, 0.25) is 0 Å². The highest BCUT2D eigenvalue weighted by Crippen LogP contribution is 2.36. The summed E-state index contributed by atoms with van der Waals surface area (Å²) in [6.45, 7) is 2.43. The molecule has 6 nitrogen and oxygen atoms in total. The van der Waals surface area contributed by atoms with Gasteiger partial charge >= 0.3 is 5.97 Å². The van der Waals surface area contributed by atoms with Crippen molar-refractivity contribution in [3.8, 4) is 0 Å². The summed E-state index contributed by atoms with van der Waals surface area (Å²) in [6.07, 6.45) is 2.82. The largest absolute Gasteiger partial charge is 0.481 e. The summed E-state index contributed by atoms with van der Waals surface area (Å²) in [5, 5.41) is 11.8. The highest BCUT2D eigenvalue weighted by atomic mass is 16.4. The van der Waals surface area contributed by atoms with E-state index in [1.165, 1.54) is 0 Å². The summed E-state index contributed by atoms with van der Waals surface area (Å²) in [7, 11) is 0. The van der Waals surface area contributed by atoms with E-state index in [1.807, 2.05) is 6.92 Å². The van der Waals surface area contributed by atoms with Gasteiger partial charge in [0.1, 0.15) is 0 Å². The van der Waals surface area contributed by atoms with Gasteiger partial charge in [-0.25, -0.2) is 0 Å². The van der Waals surface area contributed by atoms with Crippen LogP contribution in [-0.2, 0) is 14.4 Å². The van der Waals surface area contributed by atoms with Crippen LogP contribution >= 0.6 is 0 Å². The van der Waals surface area contributed by atoms with Crippen molar-refractivity contribution in [1.29, 1.82) is 0 Å². The van der Waals surface area contributed by atoms with Crippen molar-refractivity contribution in [3.63, 3.8) is 0 Å². The van der Waals surface area contributed by atoms with Crippen LogP contribution in [0.15, 0.2) is 0 Å². The number of primary amides is 1. The monoisotopic (exact) mass is 270 g/mol. The highest BCUT2D eigenvalue weighted by Gasteiger charge is 2.40. The molecule has 1 fully saturated rings. The van der Waals surface area contributed by atoms with Crippen LogP contribution in [0.1, 0.15) is 39.0 Å². The second kappa shape index (κ2) is 7.11. The van der Waals surface area contributed by atoms with Crippen LogP contribution in [0.3, 0.4) is 0 Å². The first-order valence-electron chi connectivity index (χ1n) is 6.70. The molecule has 1 rings (SSSR count). The number of hydrogen-bond donors (Lipinski definition) is 3. The van der Waals surface area contributed by atoms with Crippen LogP contribution in [0.4, 0.5) is 0 Å². The molecule has 108 valence electrons. The smallest absolute Gasteiger partial charge is 0.307 e. The van der Waals surface area contributed by atoms with Crippen LogP contribution in [0, 0.1) is 17.8 Å². The van der Waals surface area contributed by atoms with E-state index >= 15 is 0 Å². The Balaban J connectivity index is 2.32. The number of nitrogens with two attached hydrogens (primary N) is 1. The molecule has 19 heavy (non-hydrogen) atoms. The predicted octanol–water partition coefficient (Wildman–Crippen LogP) is 0.505. The molecule has 0 heterocycles. The number of carbonyl (C=O) groups excluding carboxylic acids is 2. The molecule has 1 aliphatic rings. The standard InChI is InChI=1S/C13H22N2O4/c1-8-6-9(10(7-8)13(18)19)12(17)15-5-3-2-4-11(14)16/h8-10H,2-7H2,1H3,(H2,14,16)(H,15,17)(H,18,19)/t8?,9-,10+/m0/s1. The van der Waals surface area contributed by atoms with Gasteiger partial charge in [0.15, 0.2) is 0 Å². The minimum absolute atomic E-state index is 0.184. The first-order valence-corrected chi connectivity index (χ1v) is 6.70. The van der Waals surface area contributed by atoms with Gasteiger partial charge in [0.2, 0.25) is 11.8 Å². The Hall–Kier alpha value is -1.59. The fourth-order valence-corrected chi connectivity index (χ4v) is 2.62. The maximum absolute atomic E-state index is 11.9.